The Kier molecular flexibility index (Phi) is 8.45. The lowest BCUT2D eigenvalue weighted by atomic mass is 10.1. The number of sulfone groups is 1. The Morgan fingerprint density at radius 3 is 2.53 bits per heavy atom. The number of unbranched alkanes of at least 4 members (excludes halogenated alkanes) is 1. The number of carbonyl (C=O) groups is 3. The summed E-state index contributed by atoms with van der Waals surface area (Å²) < 4.78 is 30.1. The average Bonchev–Trinajstić information content (AvgIpc) is 3.32. The zero-order valence-electron chi connectivity index (χ0n) is 20.1. The van der Waals surface area contributed by atoms with Crippen LogP contribution < -0.4 is 10.6 Å². The molecule has 2 heterocycles. The molecule has 0 saturated carbocycles. The van der Waals surface area contributed by atoms with E-state index < -0.39 is 36.8 Å². The maximum absolute atomic E-state index is 13.3. The number of hydrogen-bond acceptors (Lipinski definition) is 8. The fourth-order valence-electron chi connectivity index (χ4n) is 3.31. The molecule has 1 aromatic carbocycles. The van der Waals surface area contributed by atoms with Gasteiger partial charge in [0.2, 0.25) is 13.9 Å². The van der Waals surface area contributed by atoms with E-state index in [-0.39, 0.29) is 27.8 Å². The van der Waals surface area contributed by atoms with Crippen molar-refractivity contribution in [1.82, 2.24) is 5.32 Å². The second-order valence-electron chi connectivity index (χ2n) is 8.97. The first kappa shape index (κ1) is 28.1. The summed E-state index contributed by atoms with van der Waals surface area (Å²) >= 11 is 7.21. The van der Waals surface area contributed by atoms with Crippen molar-refractivity contribution in [3.8, 4) is 11.8 Å². The maximum atomic E-state index is 13.3. The summed E-state index contributed by atoms with van der Waals surface area (Å²) in [6.45, 7) is 7.19. The number of nitrogens with one attached hydrogen (secondary N) is 2. The minimum Gasteiger partial charge on any atom is -0.444 e. The first-order chi connectivity index (χ1) is 16.7. The van der Waals surface area contributed by atoms with Gasteiger partial charge in [0.15, 0.2) is 0 Å². The van der Waals surface area contributed by atoms with Crippen LogP contribution in [0.4, 0.5) is 15.3 Å². The van der Waals surface area contributed by atoms with E-state index in [9.17, 15) is 22.8 Å². The van der Waals surface area contributed by atoms with E-state index in [1.807, 2.05) is 13.0 Å². The molecule has 1 atom stereocenters. The fourth-order valence-corrected chi connectivity index (χ4v) is 8.57. The highest BCUT2D eigenvalue weighted by Gasteiger charge is 2.58. The van der Waals surface area contributed by atoms with Gasteiger partial charge in [-0.05, 0) is 82.1 Å². The molecule has 12 heteroatoms. The zero-order chi connectivity index (χ0) is 26.7. The van der Waals surface area contributed by atoms with Crippen LogP contribution in [0.15, 0.2) is 34.5 Å². The second-order valence-corrected chi connectivity index (χ2v) is 14.6. The Bertz CT molecular complexity index is 1370. The minimum atomic E-state index is -4.17. The lowest BCUT2D eigenvalue weighted by molar-refractivity contribution is -0.120. The summed E-state index contributed by atoms with van der Waals surface area (Å²) in [4.78, 5) is 36.6. The second kappa shape index (κ2) is 10.8. The average molecular weight is 569 g/mol. The molecule has 192 valence electrons. The predicted molar refractivity (Wildman–Crippen MR) is 142 cm³/mol. The van der Waals surface area contributed by atoms with Gasteiger partial charge in [-0.2, -0.15) is 0 Å². The highest BCUT2D eigenvalue weighted by Crippen LogP contribution is 2.46. The summed E-state index contributed by atoms with van der Waals surface area (Å²) in [6.07, 6.45) is -0.131. The molecular formula is C24H25ClN2O6S3. The zero-order valence-corrected chi connectivity index (χ0v) is 23.3. The van der Waals surface area contributed by atoms with Crippen LogP contribution >= 0.6 is 34.7 Å². The number of rotatable bonds is 6. The molecule has 0 aliphatic carbocycles. The van der Waals surface area contributed by atoms with E-state index in [1.165, 1.54) is 12.1 Å². The van der Waals surface area contributed by atoms with Crippen molar-refractivity contribution in [2.45, 2.75) is 60.8 Å². The molecule has 1 saturated heterocycles. The van der Waals surface area contributed by atoms with Crippen LogP contribution in [-0.4, -0.2) is 35.3 Å². The molecule has 3 rings (SSSR count). The van der Waals surface area contributed by atoms with Gasteiger partial charge in [0, 0.05) is 17.7 Å². The number of halogens is 1. The Hall–Kier alpha value is -2.52. The first-order valence-electron chi connectivity index (χ1n) is 10.9. The molecule has 0 bridgehead atoms. The molecule has 1 fully saturated rings. The lowest BCUT2D eigenvalue weighted by Crippen LogP contribution is -2.43. The molecule has 36 heavy (non-hydrogen) atoms. The third-order valence-electron chi connectivity index (χ3n) is 4.98. The van der Waals surface area contributed by atoms with Gasteiger partial charge in [0.05, 0.1) is 4.34 Å². The van der Waals surface area contributed by atoms with Crippen LogP contribution in [0.3, 0.4) is 0 Å². The number of hydrogen-bond donors (Lipinski definition) is 2. The van der Waals surface area contributed by atoms with E-state index in [0.29, 0.717) is 23.0 Å². The predicted octanol–water partition coefficient (Wildman–Crippen LogP) is 5.73. The fraction of sp³-hybridized carbons (Fsp3) is 0.375. The number of anilines is 1. The minimum absolute atomic E-state index is 0.0686. The molecule has 1 aromatic heterocycles. The number of thiophene rings is 1. The number of ether oxygens (including phenoxy) is 1. The highest BCUT2D eigenvalue weighted by molar-refractivity contribution is 8.25. The summed E-state index contributed by atoms with van der Waals surface area (Å²) in [5.74, 6) is 5.16. The SMILES string of the molecule is Cc1ccc(NC(=O)OC(C)(C)C)cc1C#CCCCC1(S(=O)(=O)c2ccc(Cl)s2)SC(=O)NC1=O. The summed E-state index contributed by atoms with van der Waals surface area (Å²) in [6, 6.07) is 8.05. The van der Waals surface area contributed by atoms with Crippen LogP contribution in [0.1, 0.15) is 51.2 Å². The first-order valence-corrected chi connectivity index (χ1v) is 14.4. The van der Waals surface area contributed by atoms with Crippen LogP contribution in [0.2, 0.25) is 4.34 Å². The third-order valence-corrected chi connectivity index (χ3v) is 10.8. The Morgan fingerprint density at radius 1 is 1.22 bits per heavy atom. The van der Waals surface area contributed by atoms with Gasteiger partial charge in [0.1, 0.15) is 9.81 Å². The summed E-state index contributed by atoms with van der Waals surface area (Å²) in [5.41, 5.74) is 1.47. The largest absolute Gasteiger partial charge is 0.444 e. The normalized spacial score (nSPS) is 17.8. The van der Waals surface area contributed by atoms with Crippen molar-refractivity contribution in [3.05, 3.63) is 45.8 Å². The van der Waals surface area contributed by atoms with E-state index in [0.717, 1.165) is 16.9 Å². The molecule has 0 spiro atoms. The number of aryl methyl sites for hydroxylation is 1. The lowest BCUT2D eigenvalue weighted by Gasteiger charge is -2.23. The molecule has 1 unspecified atom stereocenters. The van der Waals surface area contributed by atoms with Gasteiger partial charge >= 0.3 is 6.09 Å². The molecule has 2 aromatic rings. The molecule has 1 aliphatic heterocycles. The van der Waals surface area contributed by atoms with Crippen LogP contribution in [-0.2, 0) is 19.4 Å². The van der Waals surface area contributed by atoms with Gasteiger partial charge in [0.25, 0.3) is 11.1 Å². The molecule has 1 aliphatic rings. The van der Waals surface area contributed by atoms with Gasteiger partial charge in [-0.15, -0.1) is 11.3 Å². The van der Waals surface area contributed by atoms with Crippen LogP contribution in [0.25, 0.3) is 0 Å². The van der Waals surface area contributed by atoms with Crippen LogP contribution in [0.5, 0.6) is 0 Å². The van der Waals surface area contributed by atoms with E-state index in [4.69, 9.17) is 16.3 Å². The van der Waals surface area contributed by atoms with Gasteiger partial charge in [-0.1, -0.05) is 29.5 Å². The van der Waals surface area contributed by atoms with Crippen molar-refractivity contribution >= 4 is 67.5 Å². The molecule has 3 amide bonds. The number of imide groups is 1. The van der Waals surface area contributed by atoms with Crippen LogP contribution in [0, 0.1) is 18.8 Å². The van der Waals surface area contributed by atoms with E-state index in [2.05, 4.69) is 22.5 Å². The van der Waals surface area contributed by atoms with Crippen molar-refractivity contribution in [2.75, 3.05) is 5.32 Å². The van der Waals surface area contributed by atoms with Gasteiger partial charge in [-0.3, -0.25) is 20.2 Å². The Morgan fingerprint density at radius 2 is 1.94 bits per heavy atom. The van der Waals surface area contributed by atoms with Crippen molar-refractivity contribution in [3.63, 3.8) is 0 Å². The molecule has 8 nitrogen and oxygen atoms in total. The summed E-state index contributed by atoms with van der Waals surface area (Å²) in [5, 5.41) is 4.06. The van der Waals surface area contributed by atoms with E-state index >= 15 is 0 Å². The quantitative estimate of drug-likeness (QED) is 0.337. The number of benzene rings is 1. The molecular weight excluding hydrogens is 544 g/mol. The molecule has 2 N–H and O–H groups in total. The third kappa shape index (κ3) is 6.42. The number of amides is 3. The van der Waals surface area contributed by atoms with Gasteiger partial charge < -0.3 is 4.74 Å². The highest BCUT2D eigenvalue weighted by atomic mass is 35.5. The van der Waals surface area contributed by atoms with E-state index in [1.54, 1.807) is 32.9 Å². The monoisotopic (exact) mass is 568 g/mol. The van der Waals surface area contributed by atoms with Crippen molar-refractivity contribution in [1.29, 1.82) is 0 Å². The Labute approximate surface area is 223 Å². The smallest absolute Gasteiger partial charge is 0.412 e. The van der Waals surface area contributed by atoms with Crippen molar-refractivity contribution < 1.29 is 27.5 Å². The van der Waals surface area contributed by atoms with Gasteiger partial charge in [-0.25, -0.2) is 13.2 Å². The topological polar surface area (TPSA) is 119 Å². The maximum Gasteiger partial charge on any atom is 0.412 e. The number of thioether (sulfide) groups is 1. The standard InChI is InChI=1S/C24H25ClN2O6S3/c1-15-9-10-17(26-21(29)33-23(2,3)4)14-16(15)8-6-5-7-13-24(20(28)27-22(30)35-24)36(31,32)19-12-11-18(25)34-19/h9-12,14H,5,7,13H2,1-4H3,(H,26,29)(H,27,28,30). The number of carbonyl (C=O) groups excluding carboxylic acids is 3. The Balaban J connectivity index is 1.72. The summed E-state index contributed by atoms with van der Waals surface area (Å²) in [7, 11) is -4.17. The molecule has 0 radical (unpaired) electrons. The van der Waals surface area contributed by atoms with Crippen molar-refractivity contribution in [2.24, 2.45) is 0 Å².